The molecular weight excluding hydrogens is 1150 g/mol. The third-order valence-corrected chi connectivity index (χ3v) is 20.8. The summed E-state index contributed by atoms with van der Waals surface area (Å²) in [5, 5.41) is 3.04. The van der Waals surface area contributed by atoms with Gasteiger partial charge in [0.2, 0.25) is 0 Å². The number of unbranched alkanes of at least 4 members (excludes halogenated alkanes) is 10. The van der Waals surface area contributed by atoms with E-state index in [0.717, 1.165) is 0 Å². The van der Waals surface area contributed by atoms with Crippen LogP contribution in [0, 0.1) is 9.88 Å². The van der Waals surface area contributed by atoms with Crippen molar-refractivity contribution in [3.05, 3.63) is 102 Å². The number of rotatable bonds is 20. The molecule has 2 heterocycles. The molecule has 70 heavy (non-hydrogen) atoms. The maximum absolute atomic E-state index is 2.60. The molecule has 2 aromatic heterocycles. The predicted molar refractivity (Wildman–Crippen MR) is 341 cm³/mol. The van der Waals surface area contributed by atoms with Crippen molar-refractivity contribution in [1.82, 2.24) is 0 Å². The van der Waals surface area contributed by atoms with Gasteiger partial charge in [0.05, 0.1) is 0 Å². The molecule has 0 aliphatic rings. The van der Waals surface area contributed by atoms with Crippen molar-refractivity contribution in [3.8, 4) is 20.9 Å². The van der Waals surface area contributed by atoms with Gasteiger partial charge in [0.15, 0.2) is 0 Å². The van der Waals surface area contributed by atoms with Gasteiger partial charge < -0.3 is 0 Å². The van der Waals surface area contributed by atoms with Gasteiger partial charge in [0, 0.05) is 51.1 Å². The Morgan fingerprint density at radius 3 is 0.886 bits per heavy atom. The van der Waals surface area contributed by atoms with Crippen LogP contribution in [0.2, 0.25) is 0 Å². The molecule has 386 valence electrons. The topological polar surface area (TPSA) is 0 Å². The van der Waals surface area contributed by atoms with Gasteiger partial charge >= 0.3 is 0 Å². The smallest absolute Gasteiger partial charge is 0.0362 e. The Labute approximate surface area is 468 Å². The van der Waals surface area contributed by atoms with E-state index in [1.807, 2.05) is 0 Å². The molecule has 0 saturated heterocycles. The predicted octanol–water partition coefficient (Wildman–Crippen LogP) is 22.0. The first kappa shape index (κ1) is 60.2. The Kier molecular flexibility index (Phi) is 21.5. The van der Waals surface area contributed by atoms with Gasteiger partial charge in [-0.05, 0) is 138 Å². The van der Waals surface area contributed by atoms with Gasteiger partial charge in [0.1, 0.15) is 0 Å². The van der Waals surface area contributed by atoms with Crippen molar-refractivity contribution in [2.45, 2.75) is 247 Å². The highest BCUT2D eigenvalue weighted by Gasteiger charge is 2.33. The molecule has 0 bridgehead atoms. The van der Waals surface area contributed by atoms with Crippen LogP contribution < -0.4 is 10.6 Å². The Morgan fingerprint density at radius 1 is 0.357 bits per heavy atom. The van der Waals surface area contributed by atoms with E-state index in [2.05, 4.69) is 241 Å². The minimum absolute atomic E-state index is 0.0231. The molecule has 0 atom stereocenters. The summed E-state index contributed by atoms with van der Waals surface area (Å²) in [5.41, 5.74) is 11.9. The van der Waals surface area contributed by atoms with Crippen molar-refractivity contribution in [2.75, 3.05) is 8.86 Å². The zero-order valence-electron chi connectivity index (χ0n) is 47.4. The second kappa shape index (κ2) is 25.0. The highest BCUT2D eigenvalue weighted by Crippen LogP contribution is 2.50. The molecule has 0 saturated carbocycles. The Balaban J connectivity index is 1.92. The molecule has 0 radical (unpaired) electrons. The van der Waals surface area contributed by atoms with E-state index in [-0.39, 0.29) is 32.5 Å². The van der Waals surface area contributed by atoms with Crippen molar-refractivity contribution < 1.29 is 0 Å². The van der Waals surface area contributed by atoms with Crippen LogP contribution in [0.15, 0.2) is 48.5 Å². The van der Waals surface area contributed by atoms with Gasteiger partial charge in [-0.2, -0.15) is 0 Å². The molecule has 5 rings (SSSR count). The SMILES string of the molecule is CC(C)(C)c1cc(C(C)(C)C)c(P=c2c(-c3ccc(CCCCCCCCI)s3)c(-c3ccc(CCCCCCCCI)s3)c2=Pc2c(C(C)(C)C)cc(C(C)(C)C)cc2C(C)(C)C)c(C(C)(C)C)c1. The lowest BCUT2D eigenvalue weighted by Crippen LogP contribution is -2.30. The lowest BCUT2D eigenvalue weighted by molar-refractivity contribution is 0.553. The summed E-state index contributed by atoms with van der Waals surface area (Å²) in [5.74, 6) is 0. The molecule has 0 aliphatic heterocycles. The monoisotopic (exact) mass is 1240 g/mol. The number of hydrogen-bond acceptors (Lipinski definition) is 2. The third kappa shape index (κ3) is 16.2. The zero-order chi connectivity index (χ0) is 52.0. The minimum atomic E-state index is -0.0231. The van der Waals surface area contributed by atoms with Crippen LogP contribution in [0.25, 0.3) is 20.9 Å². The fourth-order valence-electron chi connectivity index (χ4n) is 9.49. The van der Waals surface area contributed by atoms with E-state index in [1.54, 1.807) is 19.6 Å². The normalized spacial score (nSPS) is 13.9. The van der Waals surface area contributed by atoms with Crippen molar-refractivity contribution >= 4 is 94.9 Å². The molecule has 6 heteroatoms. The molecular formula is C64H94I2P2S2. The van der Waals surface area contributed by atoms with Crippen LogP contribution in [0.1, 0.15) is 245 Å². The summed E-state index contributed by atoms with van der Waals surface area (Å²) in [7, 11) is 2.67. The van der Waals surface area contributed by atoms with Crippen molar-refractivity contribution in [3.63, 3.8) is 0 Å². The summed E-state index contributed by atoms with van der Waals surface area (Å²) in [6, 6.07) is 20.4. The largest absolute Gasteiger partial charge is 0.140 e. The number of alkyl halides is 2. The highest BCUT2D eigenvalue weighted by atomic mass is 127. The van der Waals surface area contributed by atoms with E-state index < -0.39 is 0 Å². The minimum Gasteiger partial charge on any atom is -0.140 e. The molecule has 0 unspecified atom stereocenters. The number of benzene rings is 2. The number of thiophene rings is 2. The summed E-state index contributed by atoms with van der Waals surface area (Å²) in [6.07, 6.45) is 18.6. The first-order valence-corrected chi connectivity index (χ1v) is 33.6. The van der Waals surface area contributed by atoms with E-state index >= 15 is 0 Å². The van der Waals surface area contributed by atoms with Crippen LogP contribution in [0.3, 0.4) is 0 Å². The van der Waals surface area contributed by atoms with Gasteiger partial charge in [-0.1, -0.05) is 262 Å². The molecule has 0 spiro atoms. The Hall–Kier alpha value is -0.620. The van der Waals surface area contributed by atoms with Crippen LogP contribution in [-0.4, -0.2) is 8.86 Å². The summed E-state index contributed by atoms with van der Waals surface area (Å²) < 4.78 is 2.57. The fraction of sp³-hybridized carbons (Fsp3) is 0.625. The van der Waals surface area contributed by atoms with E-state index in [1.165, 1.54) is 180 Å². The number of hydrogen-bond donors (Lipinski definition) is 0. The summed E-state index contributed by atoms with van der Waals surface area (Å²) >= 11 is 9.24. The number of halogens is 2. The molecule has 0 fully saturated rings. The maximum Gasteiger partial charge on any atom is 0.0362 e. The van der Waals surface area contributed by atoms with Gasteiger partial charge in [0.25, 0.3) is 0 Å². The first-order chi connectivity index (χ1) is 32.5. The van der Waals surface area contributed by atoms with Crippen molar-refractivity contribution in [1.29, 1.82) is 0 Å². The second-order valence-electron chi connectivity index (χ2n) is 26.7. The van der Waals surface area contributed by atoms with E-state index in [0.29, 0.717) is 0 Å². The van der Waals surface area contributed by atoms with Crippen LogP contribution >= 0.6 is 84.3 Å². The van der Waals surface area contributed by atoms with Gasteiger partial charge in [-0.3, -0.25) is 0 Å². The van der Waals surface area contributed by atoms with Crippen LogP contribution in [0.4, 0.5) is 0 Å². The quantitative estimate of drug-likeness (QED) is 0.0315. The molecule has 3 aromatic carbocycles. The maximum atomic E-state index is 2.60. The lowest BCUT2D eigenvalue weighted by Gasteiger charge is -2.33. The van der Waals surface area contributed by atoms with Gasteiger partial charge in [-0.15, -0.1) is 22.7 Å². The van der Waals surface area contributed by atoms with Crippen LogP contribution in [-0.2, 0) is 45.3 Å². The second-order valence-corrected chi connectivity index (χ2v) is 33.4. The summed E-state index contributed by atoms with van der Waals surface area (Å²) in [4.78, 5) is 9.10. The third-order valence-electron chi connectivity index (χ3n) is 14.0. The van der Waals surface area contributed by atoms with E-state index in [9.17, 15) is 0 Å². The summed E-state index contributed by atoms with van der Waals surface area (Å²) in [6.45, 7) is 43.8. The zero-order valence-corrected chi connectivity index (χ0v) is 55.1. The highest BCUT2D eigenvalue weighted by molar-refractivity contribution is 14.1. The standard InChI is InChI=1S/C64H94I2P2S2/c1-59(2,3)43-39-47(61(7,8)9)55(48(40-43)62(10,11)12)67-57-53(51-35-33-45(69-51)31-27-23-19-21-25-29-37-65)54(52-36-34-46(70-52)32-28-24-20-22-26-30-38-66)58(57)68-56-49(63(13,14)15)41-44(60(4,5)6)42-50(56)64(16,17)18/h33-36,39-42H,19-32,37-38H2,1-18H3. The van der Waals surface area contributed by atoms with Gasteiger partial charge in [-0.25, -0.2) is 0 Å². The average Bonchev–Trinajstić information content (AvgIpc) is 3.90. The van der Waals surface area contributed by atoms with Crippen LogP contribution in [0.5, 0.6) is 0 Å². The molecule has 0 aliphatic carbocycles. The number of aryl methyl sites for hydroxylation is 2. The Morgan fingerprint density at radius 2 is 0.629 bits per heavy atom. The van der Waals surface area contributed by atoms with E-state index in [4.69, 9.17) is 0 Å². The molecule has 0 N–H and O–H groups in total. The average molecular weight is 1240 g/mol. The Bertz CT molecular complexity index is 2330. The fourth-order valence-corrected chi connectivity index (χ4v) is 16.9. The van der Waals surface area contributed by atoms with Crippen molar-refractivity contribution in [2.24, 2.45) is 0 Å². The molecule has 5 aromatic rings. The molecule has 0 nitrogen and oxygen atoms in total. The lowest BCUT2D eigenvalue weighted by atomic mass is 9.75. The molecule has 0 amide bonds. The first-order valence-electron chi connectivity index (χ1n) is 27.1.